The smallest absolute Gasteiger partial charge is 0.326 e. The molecule has 1 fully saturated rings. The Balaban J connectivity index is 2.99. The predicted octanol–water partition coefficient (Wildman–Crippen LogP) is -2.55. The van der Waals surface area contributed by atoms with Crippen molar-refractivity contribution in [3.8, 4) is 0 Å². The van der Waals surface area contributed by atoms with Gasteiger partial charge in [-0.2, -0.15) is 0 Å². The van der Waals surface area contributed by atoms with Gasteiger partial charge in [0.15, 0.2) is 5.96 Å². The highest BCUT2D eigenvalue weighted by atomic mass is 16.4. The molecule has 188 valence electrons. The Morgan fingerprint density at radius 1 is 1.15 bits per heavy atom. The fraction of sp³-hybridized carbons (Fsp3) is 0.750. The lowest BCUT2D eigenvalue weighted by Crippen LogP contribution is -2.58. The molecule has 0 radical (unpaired) electrons. The van der Waals surface area contributed by atoms with E-state index in [1.807, 2.05) is 0 Å². The van der Waals surface area contributed by atoms with Crippen molar-refractivity contribution < 1.29 is 29.4 Å². The Morgan fingerprint density at radius 3 is 2.30 bits per heavy atom. The number of rotatable bonds is 12. The SMILES string of the molecule is CC(C)C(NC(=O)C1CCCN1C(=O)C(CCCN=C(N)N)NC(=O)C(N)C(C)O)C(=O)O. The third-order valence-electron chi connectivity index (χ3n) is 5.45. The number of hydrogen-bond donors (Lipinski definition) is 7. The second kappa shape index (κ2) is 12.9. The first kappa shape index (κ1) is 28.1. The number of hydrogen-bond acceptors (Lipinski definition) is 7. The van der Waals surface area contributed by atoms with Gasteiger partial charge in [0.05, 0.1) is 6.10 Å². The standard InChI is InChI=1S/C20H37N7O6/c1-10(2)15(19(32)33)26-16(29)13-7-5-9-27(13)18(31)12(6-4-8-24-20(22)23)25-17(30)14(21)11(3)28/h10-15,28H,4-9,21H2,1-3H3,(H,25,30)(H,26,29)(H,32,33)(H4,22,23,24). The molecular weight excluding hydrogens is 434 g/mol. The summed E-state index contributed by atoms with van der Waals surface area (Å²) < 4.78 is 0. The third kappa shape index (κ3) is 8.50. The van der Waals surface area contributed by atoms with E-state index in [0.717, 1.165) is 0 Å². The summed E-state index contributed by atoms with van der Waals surface area (Å²) in [6.07, 6.45) is 0.311. The van der Waals surface area contributed by atoms with Crippen molar-refractivity contribution in [1.29, 1.82) is 0 Å². The van der Waals surface area contributed by atoms with E-state index in [2.05, 4.69) is 15.6 Å². The average Bonchev–Trinajstić information content (AvgIpc) is 3.21. The quantitative estimate of drug-likeness (QED) is 0.0901. The highest BCUT2D eigenvalue weighted by molar-refractivity contribution is 5.94. The number of aliphatic hydroxyl groups is 1. The molecule has 1 heterocycles. The van der Waals surface area contributed by atoms with Crippen LogP contribution in [0.4, 0.5) is 0 Å². The zero-order valence-corrected chi connectivity index (χ0v) is 19.4. The van der Waals surface area contributed by atoms with E-state index >= 15 is 0 Å². The van der Waals surface area contributed by atoms with E-state index in [0.29, 0.717) is 19.3 Å². The summed E-state index contributed by atoms with van der Waals surface area (Å²) in [5.74, 6) is -3.38. The summed E-state index contributed by atoms with van der Waals surface area (Å²) in [7, 11) is 0. The number of likely N-dealkylation sites (tertiary alicyclic amines) is 1. The molecule has 0 aromatic carbocycles. The van der Waals surface area contributed by atoms with Gasteiger partial charge in [0.1, 0.15) is 24.2 Å². The second-order valence-electron chi connectivity index (χ2n) is 8.53. The van der Waals surface area contributed by atoms with Gasteiger partial charge in [-0.1, -0.05) is 13.8 Å². The summed E-state index contributed by atoms with van der Waals surface area (Å²) in [4.78, 5) is 55.1. The van der Waals surface area contributed by atoms with Crippen LogP contribution in [-0.2, 0) is 19.2 Å². The van der Waals surface area contributed by atoms with Crippen molar-refractivity contribution in [3.63, 3.8) is 0 Å². The normalized spacial score (nSPS) is 19.3. The fourth-order valence-electron chi connectivity index (χ4n) is 3.51. The minimum atomic E-state index is -1.24. The first-order valence-electron chi connectivity index (χ1n) is 11.0. The van der Waals surface area contributed by atoms with Crippen molar-refractivity contribution >= 4 is 29.7 Å². The van der Waals surface area contributed by atoms with Gasteiger partial charge in [0, 0.05) is 13.1 Å². The van der Waals surface area contributed by atoms with Crippen LogP contribution in [0.5, 0.6) is 0 Å². The van der Waals surface area contributed by atoms with Gasteiger partial charge in [-0.05, 0) is 38.5 Å². The van der Waals surface area contributed by atoms with Crippen LogP contribution in [0.15, 0.2) is 4.99 Å². The third-order valence-corrected chi connectivity index (χ3v) is 5.45. The van der Waals surface area contributed by atoms with Gasteiger partial charge in [-0.3, -0.25) is 19.4 Å². The second-order valence-corrected chi connectivity index (χ2v) is 8.53. The lowest BCUT2D eigenvalue weighted by molar-refractivity contribution is -0.146. The molecule has 0 saturated carbocycles. The molecule has 1 aliphatic rings. The number of nitrogens with two attached hydrogens (primary N) is 3. The number of carboxylic acids is 1. The monoisotopic (exact) mass is 471 g/mol. The molecule has 3 amide bonds. The van der Waals surface area contributed by atoms with Gasteiger partial charge in [-0.25, -0.2) is 4.79 Å². The van der Waals surface area contributed by atoms with Crippen LogP contribution in [0, 0.1) is 5.92 Å². The van der Waals surface area contributed by atoms with Crippen LogP contribution < -0.4 is 27.8 Å². The Kier molecular flexibility index (Phi) is 11.0. The summed E-state index contributed by atoms with van der Waals surface area (Å²) in [5.41, 5.74) is 16.3. The number of carbonyl (C=O) groups excluding carboxylic acids is 3. The Hall–Kier alpha value is -2.93. The van der Waals surface area contributed by atoms with Gasteiger partial charge < -0.3 is 42.9 Å². The van der Waals surface area contributed by atoms with Gasteiger partial charge in [-0.15, -0.1) is 0 Å². The van der Waals surface area contributed by atoms with E-state index < -0.39 is 54.0 Å². The maximum absolute atomic E-state index is 13.3. The number of aliphatic imine (C=N–C) groups is 1. The number of amides is 3. The zero-order chi connectivity index (χ0) is 25.3. The lowest BCUT2D eigenvalue weighted by atomic mass is 10.0. The summed E-state index contributed by atoms with van der Waals surface area (Å²) >= 11 is 0. The van der Waals surface area contributed by atoms with Gasteiger partial charge >= 0.3 is 5.97 Å². The molecule has 0 bridgehead atoms. The molecule has 13 nitrogen and oxygen atoms in total. The molecular formula is C20H37N7O6. The molecule has 1 rings (SSSR count). The average molecular weight is 472 g/mol. The molecule has 0 aliphatic carbocycles. The van der Waals surface area contributed by atoms with E-state index in [-0.39, 0.29) is 31.4 Å². The molecule has 5 atom stereocenters. The topological polar surface area (TPSA) is 226 Å². The number of aliphatic hydroxyl groups excluding tert-OH is 1. The van der Waals surface area contributed by atoms with Crippen LogP contribution in [0.25, 0.3) is 0 Å². The molecule has 0 spiro atoms. The summed E-state index contributed by atoms with van der Waals surface area (Å²) in [5, 5.41) is 24.0. The van der Waals surface area contributed by atoms with Crippen molar-refractivity contribution in [1.82, 2.24) is 15.5 Å². The minimum absolute atomic E-state index is 0.104. The van der Waals surface area contributed by atoms with E-state index in [1.54, 1.807) is 13.8 Å². The van der Waals surface area contributed by atoms with Crippen LogP contribution >= 0.6 is 0 Å². The number of guanidine groups is 1. The fourth-order valence-corrected chi connectivity index (χ4v) is 3.51. The highest BCUT2D eigenvalue weighted by Crippen LogP contribution is 2.20. The Labute approximate surface area is 193 Å². The van der Waals surface area contributed by atoms with Gasteiger partial charge in [0.2, 0.25) is 17.7 Å². The molecule has 1 aliphatic heterocycles. The largest absolute Gasteiger partial charge is 0.480 e. The van der Waals surface area contributed by atoms with E-state index in [9.17, 15) is 29.4 Å². The van der Waals surface area contributed by atoms with Crippen molar-refractivity contribution in [2.75, 3.05) is 13.1 Å². The van der Waals surface area contributed by atoms with Crippen molar-refractivity contribution in [2.45, 2.75) is 76.7 Å². The van der Waals surface area contributed by atoms with E-state index in [4.69, 9.17) is 17.2 Å². The van der Waals surface area contributed by atoms with Crippen LogP contribution in [-0.4, -0.2) is 88.1 Å². The van der Waals surface area contributed by atoms with Crippen LogP contribution in [0.2, 0.25) is 0 Å². The molecule has 33 heavy (non-hydrogen) atoms. The Bertz CT molecular complexity index is 738. The Morgan fingerprint density at radius 2 is 1.79 bits per heavy atom. The highest BCUT2D eigenvalue weighted by Gasteiger charge is 2.39. The van der Waals surface area contributed by atoms with Crippen molar-refractivity contribution in [3.05, 3.63) is 0 Å². The van der Waals surface area contributed by atoms with Crippen LogP contribution in [0.1, 0.15) is 46.5 Å². The zero-order valence-electron chi connectivity index (χ0n) is 19.4. The minimum Gasteiger partial charge on any atom is -0.480 e. The first-order chi connectivity index (χ1) is 15.4. The number of nitrogens with one attached hydrogen (secondary N) is 2. The maximum atomic E-state index is 13.3. The van der Waals surface area contributed by atoms with Gasteiger partial charge in [0.25, 0.3) is 0 Å². The molecule has 0 aromatic rings. The molecule has 5 unspecified atom stereocenters. The number of carbonyl (C=O) groups is 4. The predicted molar refractivity (Wildman–Crippen MR) is 121 cm³/mol. The first-order valence-corrected chi connectivity index (χ1v) is 11.0. The lowest BCUT2D eigenvalue weighted by Gasteiger charge is -2.30. The van der Waals surface area contributed by atoms with E-state index in [1.165, 1.54) is 11.8 Å². The number of nitrogens with zero attached hydrogens (tertiary/aromatic N) is 2. The van der Waals surface area contributed by atoms with Crippen molar-refractivity contribution in [2.24, 2.45) is 28.1 Å². The molecule has 13 heteroatoms. The molecule has 10 N–H and O–H groups in total. The molecule has 0 aromatic heterocycles. The number of carboxylic acid groups (broad SMARTS) is 1. The summed E-state index contributed by atoms with van der Waals surface area (Å²) in [6, 6.07) is -4.21. The maximum Gasteiger partial charge on any atom is 0.326 e. The molecule has 1 saturated heterocycles. The number of aliphatic carboxylic acids is 1. The van der Waals surface area contributed by atoms with Crippen LogP contribution in [0.3, 0.4) is 0 Å². The summed E-state index contributed by atoms with van der Waals surface area (Å²) in [6.45, 7) is 5.20.